The molecule has 2 unspecified atom stereocenters. The van der Waals surface area contributed by atoms with Crippen molar-refractivity contribution in [2.75, 3.05) is 38.1 Å². The van der Waals surface area contributed by atoms with E-state index in [-0.39, 0.29) is 24.6 Å². The average Bonchev–Trinajstić information content (AvgIpc) is 2.63. The van der Waals surface area contributed by atoms with Crippen molar-refractivity contribution < 1.29 is 9.90 Å². The van der Waals surface area contributed by atoms with Crippen LogP contribution in [0.25, 0.3) is 0 Å². The van der Waals surface area contributed by atoms with Crippen LogP contribution >= 0.6 is 0 Å². The van der Waals surface area contributed by atoms with Gasteiger partial charge in [0.15, 0.2) is 0 Å². The molecule has 1 heterocycles. The predicted molar refractivity (Wildman–Crippen MR) is 93.6 cm³/mol. The quantitative estimate of drug-likeness (QED) is 0.821. The smallest absolute Gasteiger partial charge is 0.241 e. The second-order valence-corrected chi connectivity index (χ2v) is 6.17. The largest absolute Gasteiger partial charge is 0.395 e. The number of amides is 1. The monoisotopic (exact) mass is 330 g/mol. The summed E-state index contributed by atoms with van der Waals surface area (Å²) in [7, 11) is 0. The first-order chi connectivity index (χ1) is 11.6. The molecule has 1 aromatic rings. The van der Waals surface area contributed by atoms with Crippen LogP contribution in [0.15, 0.2) is 24.3 Å². The molecule has 1 saturated heterocycles. The van der Waals surface area contributed by atoms with E-state index in [2.05, 4.69) is 28.1 Å². The van der Waals surface area contributed by atoms with E-state index in [9.17, 15) is 9.90 Å². The number of aliphatic hydroxyl groups is 1. The van der Waals surface area contributed by atoms with Crippen LogP contribution in [-0.4, -0.2) is 65.7 Å². The van der Waals surface area contributed by atoms with Gasteiger partial charge in [0.25, 0.3) is 0 Å². The van der Waals surface area contributed by atoms with Crippen LogP contribution in [0, 0.1) is 11.3 Å². The van der Waals surface area contributed by atoms with Crippen molar-refractivity contribution in [3.63, 3.8) is 0 Å². The molecule has 1 aliphatic rings. The Hall–Kier alpha value is -1.94. The molecule has 0 aromatic heterocycles. The molecule has 2 rings (SSSR count). The third-order valence-electron chi connectivity index (χ3n) is 4.73. The zero-order chi connectivity index (χ0) is 17.5. The van der Waals surface area contributed by atoms with Gasteiger partial charge in [-0.3, -0.25) is 14.6 Å². The highest BCUT2D eigenvalue weighted by Gasteiger charge is 2.27. The second-order valence-electron chi connectivity index (χ2n) is 6.17. The fraction of sp³-hybridized carbons (Fsp3) is 0.556. The van der Waals surface area contributed by atoms with Crippen molar-refractivity contribution in [2.24, 2.45) is 0 Å². The molecule has 1 amide bonds. The van der Waals surface area contributed by atoms with E-state index in [1.54, 1.807) is 24.3 Å². The molecule has 0 bridgehead atoms. The normalized spacial score (nSPS) is 18.6. The molecule has 6 nitrogen and oxygen atoms in total. The summed E-state index contributed by atoms with van der Waals surface area (Å²) in [6.45, 7) is 7.51. The lowest BCUT2D eigenvalue weighted by molar-refractivity contribution is -0.121. The summed E-state index contributed by atoms with van der Waals surface area (Å²) in [4.78, 5) is 16.9. The van der Waals surface area contributed by atoms with E-state index in [1.807, 2.05) is 6.92 Å². The first kappa shape index (κ1) is 18.4. The molecule has 0 aliphatic carbocycles. The highest BCUT2D eigenvalue weighted by molar-refractivity contribution is 5.94. The van der Waals surface area contributed by atoms with Gasteiger partial charge in [-0.1, -0.05) is 13.0 Å². The molecule has 24 heavy (non-hydrogen) atoms. The van der Waals surface area contributed by atoms with Crippen molar-refractivity contribution in [1.29, 1.82) is 5.26 Å². The van der Waals surface area contributed by atoms with Crippen LogP contribution in [0.2, 0.25) is 0 Å². The van der Waals surface area contributed by atoms with Crippen molar-refractivity contribution in [3.05, 3.63) is 29.8 Å². The van der Waals surface area contributed by atoms with Gasteiger partial charge in [0.05, 0.1) is 24.3 Å². The number of benzene rings is 1. The lowest BCUT2D eigenvalue weighted by Crippen LogP contribution is -2.55. The van der Waals surface area contributed by atoms with E-state index in [0.29, 0.717) is 11.3 Å². The van der Waals surface area contributed by atoms with Gasteiger partial charge in [-0.15, -0.1) is 0 Å². The molecule has 130 valence electrons. The van der Waals surface area contributed by atoms with Gasteiger partial charge in [0.2, 0.25) is 5.91 Å². The number of rotatable bonds is 6. The number of hydrogen-bond acceptors (Lipinski definition) is 5. The number of aliphatic hydroxyl groups excluding tert-OH is 1. The van der Waals surface area contributed by atoms with E-state index in [0.717, 1.165) is 32.6 Å². The summed E-state index contributed by atoms with van der Waals surface area (Å²) in [5.74, 6) is -0.0623. The first-order valence-corrected chi connectivity index (χ1v) is 8.49. The van der Waals surface area contributed by atoms with Crippen molar-refractivity contribution >= 4 is 11.6 Å². The summed E-state index contributed by atoms with van der Waals surface area (Å²) >= 11 is 0. The van der Waals surface area contributed by atoms with Crippen LogP contribution in [0.4, 0.5) is 5.69 Å². The lowest BCUT2D eigenvalue weighted by Gasteiger charge is -2.40. The summed E-state index contributed by atoms with van der Waals surface area (Å²) in [5, 5.41) is 21.2. The zero-order valence-corrected chi connectivity index (χ0v) is 14.4. The van der Waals surface area contributed by atoms with Gasteiger partial charge < -0.3 is 10.4 Å². The van der Waals surface area contributed by atoms with E-state index in [1.165, 1.54) is 0 Å². The number of carbonyl (C=O) groups is 1. The molecule has 1 aliphatic heterocycles. The molecular formula is C18H26N4O2. The number of nitriles is 1. The van der Waals surface area contributed by atoms with Crippen molar-refractivity contribution in [1.82, 2.24) is 9.80 Å². The molecule has 2 N–H and O–H groups in total. The standard InChI is InChI=1S/C18H26N4O2/c1-3-17(13-23)22-9-7-21(8-10-22)14(2)18(24)20-16-6-4-5-15(11-16)12-19/h4-6,11,14,17,23H,3,7-10,13H2,1-2H3,(H,20,24). The SMILES string of the molecule is CCC(CO)N1CCN(C(C)C(=O)Nc2cccc(C#N)c2)CC1. The molecule has 0 radical (unpaired) electrons. The number of nitrogens with one attached hydrogen (secondary N) is 1. The Balaban J connectivity index is 1.89. The van der Waals surface area contributed by atoms with Gasteiger partial charge in [-0.2, -0.15) is 5.26 Å². The van der Waals surface area contributed by atoms with Gasteiger partial charge in [0, 0.05) is 37.9 Å². The van der Waals surface area contributed by atoms with Gasteiger partial charge in [-0.25, -0.2) is 0 Å². The Kier molecular flexibility index (Phi) is 6.73. The molecule has 6 heteroatoms. The summed E-state index contributed by atoms with van der Waals surface area (Å²) in [6, 6.07) is 8.99. The highest BCUT2D eigenvalue weighted by atomic mass is 16.3. The topological polar surface area (TPSA) is 79.6 Å². The van der Waals surface area contributed by atoms with Crippen LogP contribution in [0.5, 0.6) is 0 Å². The maximum atomic E-state index is 12.4. The third-order valence-corrected chi connectivity index (χ3v) is 4.73. The number of hydrogen-bond donors (Lipinski definition) is 2. The maximum absolute atomic E-state index is 12.4. The zero-order valence-electron chi connectivity index (χ0n) is 14.4. The van der Waals surface area contributed by atoms with Gasteiger partial charge >= 0.3 is 0 Å². The summed E-state index contributed by atoms with van der Waals surface area (Å²) < 4.78 is 0. The maximum Gasteiger partial charge on any atom is 0.241 e. The van der Waals surface area contributed by atoms with E-state index >= 15 is 0 Å². The van der Waals surface area contributed by atoms with Crippen LogP contribution in [0.3, 0.4) is 0 Å². The summed E-state index contributed by atoms with van der Waals surface area (Å²) in [5.41, 5.74) is 1.18. The molecule has 0 saturated carbocycles. The molecule has 2 atom stereocenters. The van der Waals surface area contributed by atoms with Crippen molar-refractivity contribution in [2.45, 2.75) is 32.4 Å². The molecule has 1 aromatic carbocycles. The van der Waals surface area contributed by atoms with Crippen molar-refractivity contribution in [3.8, 4) is 6.07 Å². The summed E-state index contributed by atoms with van der Waals surface area (Å²) in [6.07, 6.45) is 0.932. The Bertz CT molecular complexity index is 587. The number of nitrogens with zero attached hydrogens (tertiary/aromatic N) is 3. The number of carbonyl (C=O) groups excluding carboxylic acids is 1. The fourth-order valence-electron chi connectivity index (χ4n) is 3.07. The molecule has 1 fully saturated rings. The Morgan fingerprint density at radius 3 is 2.58 bits per heavy atom. The minimum Gasteiger partial charge on any atom is -0.395 e. The van der Waals surface area contributed by atoms with Crippen LogP contribution < -0.4 is 5.32 Å². The first-order valence-electron chi connectivity index (χ1n) is 8.49. The third kappa shape index (κ3) is 4.54. The average molecular weight is 330 g/mol. The van der Waals surface area contributed by atoms with Crippen LogP contribution in [0.1, 0.15) is 25.8 Å². The fourth-order valence-corrected chi connectivity index (χ4v) is 3.07. The Morgan fingerprint density at radius 1 is 1.33 bits per heavy atom. The predicted octanol–water partition coefficient (Wildman–Crippen LogP) is 1.27. The van der Waals surface area contributed by atoms with Crippen LogP contribution in [-0.2, 0) is 4.79 Å². The van der Waals surface area contributed by atoms with E-state index < -0.39 is 0 Å². The second kappa shape index (κ2) is 8.78. The minimum atomic E-state index is -0.230. The molecular weight excluding hydrogens is 304 g/mol. The minimum absolute atomic E-state index is 0.0623. The molecule has 0 spiro atoms. The van der Waals surface area contributed by atoms with Gasteiger partial charge in [-0.05, 0) is 31.5 Å². The lowest BCUT2D eigenvalue weighted by atomic mass is 10.1. The number of anilines is 1. The number of piperazine rings is 1. The van der Waals surface area contributed by atoms with Gasteiger partial charge in [0.1, 0.15) is 0 Å². The Morgan fingerprint density at radius 2 is 2.00 bits per heavy atom. The highest BCUT2D eigenvalue weighted by Crippen LogP contribution is 2.14. The van der Waals surface area contributed by atoms with E-state index in [4.69, 9.17) is 5.26 Å². The Labute approximate surface area is 143 Å².